The van der Waals surface area contributed by atoms with Crippen LogP contribution in [-0.2, 0) is 0 Å². The number of nitrogen functional groups attached to an aromatic ring is 1. The Morgan fingerprint density at radius 3 is 2.88 bits per heavy atom. The second-order valence-corrected chi connectivity index (χ2v) is 4.24. The van der Waals surface area contributed by atoms with E-state index >= 15 is 0 Å². The minimum Gasteiger partial charge on any atom is -0.398 e. The van der Waals surface area contributed by atoms with E-state index in [0.717, 1.165) is 29.1 Å². The van der Waals surface area contributed by atoms with Crippen molar-refractivity contribution in [2.75, 3.05) is 5.73 Å². The number of aromatic nitrogens is 4. The Morgan fingerprint density at radius 1 is 1.41 bits per heavy atom. The summed E-state index contributed by atoms with van der Waals surface area (Å²) in [6.07, 6.45) is 0.976. The van der Waals surface area contributed by atoms with Gasteiger partial charge in [0.2, 0.25) is 0 Å². The van der Waals surface area contributed by atoms with Crippen molar-refractivity contribution >= 4 is 5.69 Å². The van der Waals surface area contributed by atoms with Gasteiger partial charge in [-0.1, -0.05) is 19.1 Å². The molecule has 0 saturated carbocycles. The maximum Gasteiger partial charge on any atom is 0.184 e. The van der Waals surface area contributed by atoms with E-state index in [1.807, 2.05) is 29.8 Å². The molecule has 5 nitrogen and oxygen atoms in total. The number of benzene rings is 1. The van der Waals surface area contributed by atoms with Gasteiger partial charge in [-0.25, -0.2) is 4.68 Å². The van der Waals surface area contributed by atoms with Gasteiger partial charge in [-0.3, -0.25) is 0 Å². The lowest BCUT2D eigenvalue weighted by Gasteiger charge is -2.12. The fourth-order valence-corrected chi connectivity index (χ4v) is 1.72. The minimum atomic E-state index is 0.264. The monoisotopic (exact) mass is 231 g/mol. The Kier molecular flexibility index (Phi) is 3.08. The third-order valence-electron chi connectivity index (χ3n) is 3.07. The number of rotatable bonds is 3. The van der Waals surface area contributed by atoms with Crippen LogP contribution in [0, 0.1) is 6.92 Å². The molecule has 0 aliphatic rings. The Hall–Kier alpha value is -1.91. The van der Waals surface area contributed by atoms with Crippen LogP contribution in [0.15, 0.2) is 18.2 Å². The molecule has 0 saturated heterocycles. The van der Waals surface area contributed by atoms with Gasteiger partial charge >= 0.3 is 0 Å². The number of hydrogen-bond donors (Lipinski definition) is 1. The van der Waals surface area contributed by atoms with Gasteiger partial charge in [0, 0.05) is 11.3 Å². The molecule has 0 aliphatic carbocycles. The fraction of sp³-hybridized carbons (Fsp3) is 0.417. The second-order valence-electron chi connectivity index (χ2n) is 4.24. The van der Waals surface area contributed by atoms with Crippen LogP contribution in [0.5, 0.6) is 0 Å². The summed E-state index contributed by atoms with van der Waals surface area (Å²) in [6, 6.07) is 6.17. The first-order chi connectivity index (χ1) is 8.15. The van der Waals surface area contributed by atoms with Crippen molar-refractivity contribution in [1.29, 1.82) is 0 Å². The molecule has 1 heterocycles. The lowest BCUT2D eigenvalue weighted by Crippen LogP contribution is -2.09. The van der Waals surface area contributed by atoms with Crippen molar-refractivity contribution in [3.05, 3.63) is 23.8 Å². The Labute approximate surface area is 101 Å². The second kappa shape index (κ2) is 4.53. The van der Waals surface area contributed by atoms with Crippen LogP contribution in [0.25, 0.3) is 11.4 Å². The molecule has 0 aliphatic heterocycles. The maximum atomic E-state index is 6.08. The van der Waals surface area contributed by atoms with E-state index in [0.29, 0.717) is 0 Å². The summed E-state index contributed by atoms with van der Waals surface area (Å²) < 4.78 is 1.82. The fourth-order valence-electron chi connectivity index (χ4n) is 1.72. The Morgan fingerprint density at radius 2 is 2.18 bits per heavy atom. The van der Waals surface area contributed by atoms with Crippen molar-refractivity contribution in [3.63, 3.8) is 0 Å². The van der Waals surface area contributed by atoms with Gasteiger partial charge < -0.3 is 5.73 Å². The van der Waals surface area contributed by atoms with Crippen molar-refractivity contribution in [2.24, 2.45) is 0 Å². The summed E-state index contributed by atoms with van der Waals surface area (Å²) in [5.74, 6) is 0.737. The Balaban J connectivity index is 2.54. The summed E-state index contributed by atoms with van der Waals surface area (Å²) in [4.78, 5) is 0. The molecule has 0 radical (unpaired) electrons. The highest BCUT2D eigenvalue weighted by molar-refractivity contribution is 5.73. The number of para-hydroxylation sites is 1. The third kappa shape index (κ3) is 2.00. The lowest BCUT2D eigenvalue weighted by atomic mass is 10.1. The standard InChI is InChI=1S/C12H17N5/c1-4-9(3)17-12(14-15-16-17)10-7-5-6-8(2)11(10)13/h5-7,9H,4,13H2,1-3H3. The SMILES string of the molecule is CCC(C)n1nnnc1-c1cccc(C)c1N. The van der Waals surface area contributed by atoms with Crippen LogP contribution in [0.3, 0.4) is 0 Å². The number of nitrogens with two attached hydrogens (primary N) is 1. The number of aryl methyl sites for hydroxylation is 1. The van der Waals surface area contributed by atoms with Crippen LogP contribution in [0.4, 0.5) is 5.69 Å². The van der Waals surface area contributed by atoms with E-state index < -0.39 is 0 Å². The number of anilines is 1. The molecule has 1 atom stereocenters. The predicted molar refractivity (Wildman–Crippen MR) is 67.4 cm³/mol. The molecule has 17 heavy (non-hydrogen) atoms. The highest BCUT2D eigenvalue weighted by atomic mass is 15.5. The number of tetrazole rings is 1. The molecular formula is C12H17N5. The van der Waals surface area contributed by atoms with E-state index in [-0.39, 0.29) is 6.04 Å². The zero-order valence-electron chi connectivity index (χ0n) is 10.4. The molecule has 0 bridgehead atoms. The minimum absolute atomic E-state index is 0.264. The lowest BCUT2D eigenvalue weighted by molar-refractivity contribution is 0.469. The van der Waals surface area contributed by atoms with Crippen molar-refractivity contribution in [1.82, 2.24) is 20.2 Å². The van der Waals surface area contributed by atoms with Crippen LogP contribution >= 0.6 is 0 Å². The molecule has 0 fully saturated rings. The maximum absolute atomic E-state index is 6.08. The van der Waals surface area contributed by atoms with Gasteiger partial charge in [-0.15, -0.1) is 5.10 Å². The van der Waals surface area contributed by atoms with Crippen molar-refractivity contribution in [2.45, 2.75) is 33.2 Å². The molecule has 90 valence electrons. The molecule has 1 unspecified atom stereocenters. The van der Waals surface area contributed by atoms with Gasteiger partial charge in [0.25, 0.3) is 0 Å². The molecule has 0 spiro atoms. The van der Waals surface area contributed by atoms with Gasteiger partial charge in [-0.2, -0.15) is 0 Å². The number of nitrogens with zero attached hydrogens (tertiary/aromatic N) is 4. The van der Waals surface area contributed by atoms with Crippen LogP contribution in [0.2, 0.25) is 0 Å². The largest absolute Gasteiger partial charge is 0.398 e. The normalized spacial score (nSPS) is 12.6. The summed E-state index contributed by atoms with van der Waals surface area (Å²) in [7, 11) is 0. The molecule has 5 heteroatoms. The predicted octanol–water partition coefficient (Wildman–Crippen LogP) is 2.20. The highest BCUT2D eigenvalue weighted by Gasteiger charge is 2.15. The molecule has 0 amide bonds. The molecule has 2 aromatic rings. The molecule has 2 rings (SSSR count). The molecular weight excluding hydrogens is 214 g/mol. The first kappa shape index (κ1) is 11.6. The number of hydrogen-bond acceptors (Lipinski definition) is 4. The van der Waals surface area contributed by atoms with E-state index in [1.54, 1.807) is 0 Å². The first-order valence-corrected chi connectivity index (χ1v) is 5.78. The van der Waals surface area contributed by atoms with Crippen molar-refractivity contribution in [3.8, 4) is 11.4 Å². The zero-order valence-corrected chi connectivity index (χ0v) is 10.4. The highest BCUT2D eigenvalue weighted by Crippen LogP contribution is 2.27. The quantitative estimate of drug-likeness (QED) is 0.822. The third-order valence-corrected chi connectivity index (χ3v) is 3.07. The summed E-state index contributed by atoms with van der Waals surface area (Å²) in [5.41, 5.74) is 8.76. The van der Waals surface area contributed by atoms with E-state index in [2.05, 4.69) is 29.4 Å². The van der Waals surface area contributed by atoms with Gasteiger partial charge in [-0.05, 0) is 42.3 Å². The average Bonchev–Trinajstić information content (AvgIpc) is 2.80. The van der Waals surface area contributed by atoms with E-state index in [9.17, 15) is 0 Å². The van der Waals surface area contributed by atoms with Crippen LogP contribution < -0.4 is 5.73 Å². The van der Waals surface area contributed by atoms with Crippen LogP contribution in [0.1, 0.15) is 31.9 Å². The zero-order chi connectivity index (χ0) is 12.4. The van der Waals surface area contributed by atoms with Gasteiger partial charge in [0.05, 0.1) is 6.04 Å². The van der Waals surface area contributed by atoms with E-state index in [4.69, 9.17) is 5.73 Å². The van der Waals surface area contributed by atoms with Gasteiger partial charge in [0.15, 0.2) is 5.82 Å². The van der Waals surface area contributed by atoms with Crippen molar-refractivity contribution < 1.29 is 0 Å². The molecule has 2 N–H and O–H groups in total. The summed E-state index contributed by atoms with van der Waals surface area (Å²) in [6.45, 7) is 6.18. The molecule has 1 aromatic heterocycles. The van der Waals surface area contributed by atoms with Crippen LogP contribution in [-0.4, -0.2) is 20.2 Å². The summed E-state index contributed by atoms with van der Waals surface area (Å²) >= 11 is 0. The topological polar surface area (TPSA) is 69.6 Å². The average molecular weight is 231 g/mol. The van der Waals surface area contributed by atoms with Gasteiger partial charge in [0.1, 0.15) is 0 Å². The molecule has 1 aromatic carbocycles. The van der Waals surface area contributed by atoms with E-state index in [1.165, 1.54) is 0 Å². The Bertz CT molecular complexity index is 517. The summed E-state index contributed by atoms with van der Waals surface area (Å²) in [5, 5.41) is 11.9. The smallest absolute Gasteiger partial charge is 0.184 e. The first-order valence-electron chi connectivity index (χ1n) is 5.78.